The van der Waals surface area contributed by atoms with Gasteiger partial charge in [-0.3, -0.25) is 0 Å². The number of aromatic nitrogens is 2. The molecular weight excluding hydrogens is 335 g/mol. The molecule has 0 aliphatic rings. The van der Waals surface area contributed by atoms with Gasteiger partial charge in [-0.05, 0) is 24.1 Å². The van der Waals surface area contributed by atoms with E-state index in [0.29, 0.717) is 16.0 Å². The Bertz CT molecular complexity index is 564. The Morgan fingerprint density at radius 3 is 2.61 bits per heavy atom. The second-order valence-corrected chi connectivity index (χ2v) is 5.76. The van der Waals surface area contributed by atoms with E-state index in [1.807, 2.05) is 23.0 Å². The molecule has 0 N–H and O–H groups in total. The second-order valence-electron chi connectivity index (χ2n) is 4.35. The summed E-state index contributed by atoms with van der Waals surface area (Å²) < 4.78 is 1.89. The van der Waals surface area contributed by atoms with Crippen molar-refractivity contribution in [2.75, 3.05) is 0 Å². The average molecular weight is 348 g/mol. The maximum Gasteiger partial charge on any atom is 0.0836 e. The monoisotopic (exact) mass is 346 g/mol. The van der Waals surface area contributed by atoms with Gasteiger partial charge in [0.25, 0.3) is 0 Å². The predicted molar refractivity (Wildman–Crippen MR) is 80.3 cm³/mol. The summed E-state index contributed by atoms with van der Waals surface area (Å²) in [6, 6.07) is 5.45. The minimum atomic E-state index is 0.367. The molecule has 0 bridgehead atoms. The highest BCUT2D eigenvalue weighted by Gasteiger charge is 2.16. The number of alkyl halides is 1. The smallest absolute Gasteiger partial charge is 0.0836 e. The van der Waals surface area contributed by atoms with Crippen LogP contribution in [0.25, 0.3) is 5.69 Å². The fraction of sp³-hybridized carbons (Fsp3) is 0.308. The second kappa shape index (κ2) is 5.64. The lowest BCUT2D eigenvalue weighted by Gasteiger charge is -2.13. The largest absolute Gasteiger partial charge is 0.236 e. The zero-order valence-corrected chi connectivity index (χ0v) is 13.2. The lowest BCUT2D eigenvalue weighted by Crippen LogP contribution is -2.05. The Hall–Kier alpha value is -0.510. The van der Waals surface area contributed by atoms with Crippen molar-refractivity contribution in [3.8, 4) is 5.69 Å². The zero-order valence-electron chi connectivity index (χ0n) is 10.1. The normalized spacial score (nSPS) is 11.2. The first-order valence-corrected chi connectivity index (χ1v) is 7.50. The Kier molecular flexibility index (Phi) is 4.36. The van der Waals surface area contributed by atoms with Gasteiger partial charge in [-0.1, -0.05) is 53.0 Å². The number of halogens is 3. The fourth-order valence-corrected chi connectivity index (χ4v) is 2.88. The predicted octanol–water partition coefficient (Wildman–Crippen LogP) is 5.20. The summed E-state index contributed by atoms with van der Waals surface area (Å²) in [6.45, 7) is 4.28. The number of hydrogen-bond donors (Lipinski definition) is 0. The van der Waals surface area contributed by atoms with Gasteiger partial charge in [-0.25, -0.2) is 4.68 Å². The summed E-state index contributed by atoms with van der Waals surface area (Å²) >= 11 is 15.6. The first kappa shape index (κ1) is 13.9. The Balaban J connectivity index is 2.60. The van der Waals surface area contributed by atoms with E-state index in [9.17, 15) is 0 Å². The number of rotatable bonds is 3. The van der Waals surface area contributed by atoms with Gasteiger partial charge in [0.05, 0.1) is 22.6 Å². The topological polar surface area (TPSA) is 17.8 Å². The summed E-state index contributed by atoms with van der Waals surface area (Å²) in [5.41, 5.74) is 3.20. The summed E-state index contributed by atoms with van der Waals surface area (Å²) in [5.74, 6) is 0.367. The molecule has 18 heavy (non-hydrogen) atoms. The first-order valence-electron chi connectivity index (χ1n) is 5.62. The van der Waals surface area contributed by atoms with Gasteiger partial charge in [0.1, 0.15) is 0 Å². The van der Waals surface area contributed by atoms with Crippen molar-refractivity contribution >= 4 is 39.1 Å². The molecule has 0 spiro atoms. The van der Waals surface area contributed by atoms with Gasteiger partial charge in [-0.2, -0.15) is 5.10 Å². The lowest BCUT2D eigenvalue weighted by molar-refractivity contribution is 0.730. The first-order chi connectivity index (χ1) is 8.54. The molecule has 96 valence electrons. The van der Waals surface area contributed by atoms with Gasteiger partial charge in [0.2, 0.25) is 0 Å². The van der Waals surface area contributed by atoms with Crippen LogP contribution in [-0.2, 0) is 5.33 Å². The van der Waals surface area contributed by atoms with Crippen LogP contribution >= 0.6 is 39.1 Å². The lowest BCUT2D eigenvalue weighted by atomic mass is 10.1. The highest BCUT2D eigenvalue weighted by Crippen LogP contribution is 2.29. The third kappa shape index (κ3) is 2.58. The molecule has 1 aromatic heterocycles. The molecule has 0 radical (unpaired) electrons. The van der Waals surface area contributed by atoms with Gasteiger partial charge in [0.15, 0.2) is 0 Å². The average Bonchev–Trinajstić information content (AvgIpc) is 2.72. The van der Waals surface area contributed by atoms with Crippen molar-refractivity contribution in [2.45, 2.75) is 25.1 Å². The van der Waals surface area contributed by atoms with Gasteiger partial charge < -0.3 is 0 Å². The third-order valence-corrected chi connectivity index (χ3v) is 3.86. The molecule has 0 unspecified atom stereocenters. The molecule has 1 aromatic carbocycles. The van der Waals surface area contributed by atoms with E-state index in [-0.39, 0.29) is 0 Å². The summed E-state index contributed by atoms with van der Waals surface area (Å²) in [4.78, 5) is 0. The summed E-state index contributed by atoms with van der Waals surface area (Å²) in [7, 11) is 0. The zero-order chi connectivity index (χ0) is 13.3. The Morgan fingerprint density at radius 1 is 1.33 bits per heavy atom. The van der Waals surface area contributed by atoms with Crippen molar-refractivity contribution < 1.29 is 0 Å². The highest BCUT2D eigenvalue weighted by atomic mass is 79.9. The van der Waals surface area contributed by atoms with Crippen molar-refractivity contribution in [1.29, 1.82) is 0 Å². The van der Waals surface area contributed by atoms with Gasteiger partial charge in [0, 0.05) is 15.9 Å². The minimum Gasteiger partial charge on any atom is -0.236 e. The molecule has 0 aliphatic carbocycles. The molecule has 0 fully saturated rings. The number of benzene rings is 1. The van der Waals surface area contributed by atoms with Crippen LogP contribution < -0.4 is 0 Å². The SMILES string of the molecule is CC(C)c1c(CBr)cnn1-c1ccc(Cl)cc1Cl. The van der Waals surface area contributed by atoms with E-state index in [4.69, 9.17) is 23.2 Å². The molecule has 0 atom stereocenters. The quantitative estimate of drug-likeness (QED) is 0.698. The van der Waals surface area contributed by atoms with Gasteiger partial charge >= 0.3 is 0 Å². The molecule has 0 saturated heterocycles. The molecule has 0 amide bonds. The summed E-state index contributed by atoms with van der Waals surface area (Å²) in [5, 5.41) is 6.44. The van der Waals surface area contributed by atoms with Crippen molar-refractivity contribution in [1.82, 2.24) is 9.78 Å². The highest BCUT2D eigenvalue weighted by molar-refractivity contribution is 9.08. The summed E-state index contributed by atoms with van der Waals surface area (Å²) in [6.07, 6.45) is 1.87. The number of nitrogens with zero attached hydrogens (tertiary/aromatic N) is 2. The van der Waals surface area contributed by atoms with E-state index < -0.39 is 0 Å². The van der Waals surface area contributed by atoms with Crippen LogP contribution in [0, 0.1) is 0 Å². The Labute approximate surface area is 125 Å². The molecule has 5 heteroatoms. The molecule has 1 heterocycles. The molecule has 2 nitrogen and oxygen atoms in total. The van der Waals surface area contributed by atoms with Crippen LogP contribution in [-0.4, -0.2) is 9.78 Å². The third-order valence-electron chi connectivity index (χ3n) is 2.71. The maximum atomic E-state index is 6.24. The van der Waals surface area contributed by atoms with Crippen LogP contribution in [0.4, 0.5) is 0 Å². The Morgan fingerprint density at radius 2 is 2.06 bits per heavy atom. The fourth-order valence-electron chi connectivity index (χ4n) is 1.96. The molecule has 2 aromatic rings. The van der Waals surface area contributed by atoms with Crippen LogP contribution in [0.3, 0.4) is 0 Å². The van der Waals surface area contributed by atoms with Crippen LogP contribution in [0.5, 0.6) is 0 Å². The van der Waals surface area contributed by atoms with E-state index in [0.717, 1.165) is 16.7 Å². The van der Waals surface area contributed by atoms with Crippen LogP contribution in [0.15, 0.2) is 24.4 Å². The number of hydrogen-bond acceptors (Lipinski definition) is 1. The molecule has 2 rings (SSSR count). The molecule has 0 saturated carbocycles. The van der Waals surface area contributed by atoms with Crippen molar-refractivity contribution in [3.63, 3.8) is 0 Å². The molecule has 0 aliphatic heterocycles. The van der Waals surface area contributed by atoms with Crippen LogP contribution in [0.1, 0.15) is 31.0 Å². The maximum absolute atomic E-state index is 6.24. The van der Waals surface area contributed by atoms with Gasteiger partial charge in [-0.15, -0.1) is 0 Å². The standard InChI is InChI=1S/C13H13BrCl2N2/c1-8(2)13-9(6-14)7-17-18(13)12-4-3-10(15)5-11(12)16/h3-5,7-8H,6H2,1-2H3. The molecular formula is C13H13BrCl2N2. The van der Waals surface area contributed by atoms with E-state index in [1.165, 1.54) is 5.56 Å². The van der Waals surface area contributed by atoms with E-state index >= 15 is 0 Å². The van der Waals surface area contributed by atoms with Crippen molar-refractivity contribution in [2.24, 2.45) is 0 Å². The van der Waals surface area contributed by atoms with E-state index in [1.54, 1.807) is 6.07 Å². The minimum absolute atomic E-state index is 0.367. The van der Waals surface area contributed by atoms with Crippen LogP contribution in [0.2, 0.25) is 10.0 Å². The van der Waals surface area contributed by atoms with E-state index in [2.05, 4.69) is 34.9 Å². The van der Waals surface area contributed by atoms with Crippen molar-refractivity contribution in [3.05, 3.63) is 45.7 Å².